The van der Waals surface area contributed by atoms with Gasteiger partial charge in [0, 0.05) is 7.05 Å². The Balaban J connectivity index is 1.83. The van der Waals surface area contributed by atoms with Gasteiger partial charge in [-0.3, -0.25) is 9.48 Å². The number of aromatic nitrogens is 3. The lowest BCUT2D eigenvalue weighted by atomic mass is 10.1. The Morgan fingerprint density at radius 3 is 2.57 bits per heavy atom. The van der Waals surface area contributed by atoms with Crippen LogP contribution >= 0.6 is 15.9 Å². The standard InChI is InChI=1S/C17H15BrN4O/c1-11-3-5-12(6-4-11)15-9-14(21-22(15)2)17(23)20-13-7-8-16(18)19-10-13/h3-10H,1-2H3,(H,20,23). The molecule has 0 fully saturated rings. The van der Waals surface area contributed by atoms with E-state index in [9.17, 15) is 4.79 Å². The Bertz CT molecular complexity index is 838. The molecule has 6 heteroatoms. The van der Waals surface area contributed by atoms with E-state index in [0.717, 1.165) is 15.9 Å². The summed E-state index contributed by atoms with van der Waals surface area (Å²) in [5.41, 5.74) is 4.10. The van der Waals surface area contributed by atoms with Gasteiger partial charge in [0.1, 0.15) is 4.60 Å². The molecular weight excluding hydrogens is 356 g/mol. The Morgan fingerprint density at radius 1 is 1.17 bits per heavy atom. The third kappa shape index (κ3) is 3.48. The maximum Gasteiger partial charge on any atom is 0.276 e. The quantitative estimate of drug-likeness (QED) is 0.713. The Hall–Kier alpha value is -2.47. The van der Waals surface area contributed by atoms with Crippen LogP contribution < -0.4 is 5.32 Å². The molecule has 0 aliphatic rings. The predicted octanol–water partition coefficient (Wildman–Crippen LogP) is 3.81. The van der Waals surface area contributed by atoms with Crippen molar-refractivity contribution in [3.05, 3.63) is 64.5 Å². The number of rotatable bonds is 3. The van der Waals surface area contributed by atoms with E-state index in [1.165, 1.54) is 5.56 Å². The molecule has 0 aliphatic heterocycles. The molecule has 5 nitrogen and oxygen atoms in total. The summed E-state index contributed by atoms with van der Waals surface area (Å²) in [6.45, 7) is 2.04. The van der Waals surface area contributed by atoms with Crippen LogP contribution in [0, 0.1) is 6.92 Å². The lowest BCUT2D eigenvalue weighted by molar-refractivity contribution is 0.102. The number of hydrogen-bond donors (Lipinski definition) is 1. The van der Waals surface area contributed by atoms with Crippen molar-refractivity contribution in [1.82, 2.24) is 14.8 Å². The number of aryl methyl sites for hydroxylation is 2. The smallest absolute Gasteiger partial charge is 0.276 e. The highest BCUT2D eigenvalue weighted by atomic mass is 79.9. The number of nitrogens with zero attached hydrogens (tertiary/aromatic N) is 3. The van der Waals surface area contributed by atoms with Gasteiger partial charge in [-0.2, -0.15) is 5.10 Å². The predicted molar refractivity (Wildman–Crippen MR) is 93.3 cm³/mol. The molecule has 0 aliphatic carbocycles. The largest absolute Gasteiger partial charge is 0.319 e. The minimum Gasteiger partial charge on any atom is -0.319 e. The summed E-state index contributed by atoms with van der Waals surface area (Å²) in [6.07, 6.45) is 1.59. The van der Waals surface area contributed by atoms with Gasteiger partial charge in [-0.05, 0) is 46.6 Å². The van der Waals surface area contributed by atoms with Crippen molar-refractivity contribution in [2.24, 2.45) is 7.05 Å². The van der Waals surface area contributed by atoms with Crippen LogP contribution in [0.5, 0.6) is 0 Å². The van der Waals surface area contributed by atoms with Crippen LogP contribution in [-0.4, -0.2) is 20.7 Å². The highest BCUT2D eigenvalue weighted by molar-refractivity contribution is 9.10. The van der Waals surface area contributed by atoms with E-state index in [2.05, 4.69) is 31.3 Å². The SMILES string of the molecule is Cc1ccc(-c2cc(C(=O)Nc3ccc(Br)nc3)nn2C)cc1. The van der Waals surface area contributed by atoms with E-state index < -0.39 is 0 Å². The second kappa shape index (κ2) is 6.34. The van der Waals surface area contributed by atoms with Crippen LogP contribution in [0.1, 0.15) is 16.1 Å². The zero-order valence-corrected chi connectivity index (χ0v) is 14.3. The zero-order valence-electron chi connectivity index (χ0n) is 12.7. The van der Waals surface area contributed by atoms with E-state index in [4.69, 9.17) is 0 Å². The van der Waals surface area contributed by atoms with Gasteiger partial charge in [-0.25, -0.2) is 4.98 Å². The summed E-state index contributed by atoms with van der Waals surface area (Å²) < 4.78 is 2.43. The molecule has 3 rings (SSSR count). The van der Waals surface area contributed by atoms with Crippen molar-refractivity contribution in [3.8, 4) is 11.3 Å². The molecule has 2 aromatic heterocycles. The number of carbonyl (C=O) groups is 1. The molecule has 116 valence electrons. The lowest BCUT2D eigenvalue weighted by Gasteiger charge is -2.01. The normalized spacial score (nSPS) is 10.6. The fraction of sp³-hybridized carbons (Fsp3) is 0.118. The van der Waals surface area contributed by atoms with E-state index in [1.807, 2.05) is 38.2 Å². The van der Waals surface area contributed by atoms with Gasteiger partial charge < -0.3 is 5.32 Å². The van der Waals surface area contributed by atoms with E-state index >= 15 is 0 Å². The maximum atomic E-state index is 12.3. The highest BCUT2D eigenvalue weighted by Crippen LogP contribution is 2.21. The first-order valence-electron chi connectivity index (χ1n) is 7.07. The molecule has 0 spiro atoms. The number of benzene rings is 1. The van der Waals surface area contributed by atoms with Crippen LogP contribution in [0.3, 0.4) is 0 Å². The molecule has 0 bridgehead atoms. The number of hydrogen-bond acceptors (Lipinski definition) is 3. The maximum absolute atomic E-state index is 12.3. The Morgan fingerprint density at radius 2 is 1.91 bits per heavy atom. The van der Waals surface area contributed by atoms with Gasteiger partial charge in [0.05, 0.1) is 17.6 Å². The molecule has 1 amide bonds. The summed E-state index contributed by atoms with van der Waals surface area (Å²) in [7, 11) is 1.83. The van der Waals surface area contributed by atoms with Crippen LogP contribution in [-0.2, 0) is 7.05 Å². The molecule has 3 aromatic rings. The fourth-order valence-electron chi connectivity index (χ4n) is 2.22. The van der Waals surface area contributed by atoms with Crippen molar-refractivity contribution in [3.63, 3.8) is 0 Å². The number of carbonyl (C=O) groups excluding carboxylic acids is 1. The minimum absolute atomic E-state index is 0.261. The van der Waals surface area contributed by atoms with Crippen LogP contribution in [0.4, 0.5) is 5.69 Å². The van der Waals surface area contributed by atoms with Crippen molar-refractivity contribution in [2.45, 2.75) is 6.92 Å². The topological polar surface area (TPSA) is 59.8 Å². The van der Waals surface area contributed by atoms with E-state index in [-0.39, 0.29) is 5.91 Å². The molecule has 0 unspecified atom stereocenters. The molecule has 2 heterocycles. The summed E-state index contributed by atoms with van der Waals surface area (Å²) in [4.78, 5) is 16.4. The van der Waals surface area contributed by atoms with Crippen molar-refractivity contribution >= 4 is 27.5 Å². The van der Waals surface area contributed by atoms with Gasteiger partial charge >= 0.3 is 0 Å². The molecule has 1 N–H and O–H groups in total. The average molecular weight is 371 g/mol. The monoisotopic (exact) mass is 370 g/mol. The summed E-state index contributed by atoms with van der Waals surface area (Å²) in [5, 5.41) is 7.09. The van der Waals surface area contributed by atoms with Gasteiger partial charge in [-0.15, -0.1) is 0 Å². The molecule has 0 atom stereocenters. The number of amides is 1. The van der Waals surface area contributed by atoms with E-state index in [1.54, 1.807) is 29.1 Å². The van der Waals surface area contributed by atoms with Gasteiger partial charge in [0.15, 0.2) is 5.69 Å². The van der Waals surface area contributed by atoms with Gasteiger partial charge in [0.25, 0.3) is 5.91 Å². The average Bonchev–Trinajstić information content (AvgIpc) is 2.92. The number of halogens is 1. The summed E-state index contributed by atoms with van der Waals surface area (Å²) >= 11 is 3.26. The van der Waals surface area contributed by atoms with E-state index in [0.29, 0.717) is 11.4 Å². The van der Waals surface area contributed by atoms with Gasteiger partial charge in [0.2, 0.25) is 0 Å². The number of pyridine rings is 1. The first-order chi connectivity index (χ1) is 11.0. The fourth-order valence-corrected chi connectivity index (χ4v) is 2.45. The van der Waals surface area contributed by atoms with Crippen molar-refractivity contribution < 1.29 is 4.79 Å². The lowest BCUT2D eigenvalue weighted by Crippen LogP contribution is -2.13. The minimum atomic E-state index is -0.261. The molecule has 23 heavy (non-hydrogen) atoms. The van der Waals surface area contributed by atoms with Crippen molar-refractivity contribution in [1.29, 1.82) is 0 Å². The summed E-state index contributed by atoms with van der Waals surface area (Å²) in [6, 6.07) is 13.4. The van der Waals surface area contributed by atoms with Crippen LogP contribution in [0.2, 0.25) is 0 Å². The second-order valence-corrected chi connectivity index (χ2v) is 6.04. The van der Waals surface area contributed by atoms with Crippen LogP contribution in [0.15, 0.2) is 53.3 Å². The Labute approximate surface area is 142 Å². The second-order valence-electron chi connectivity index (χ2n) is 5.23. The van der Waals surface area contributed by atoms with Crippen molar-refractivity contribution in [2.75, 3.05) is 5.32 Å². The first kappa shape index (κ1) is 15.4. The summed E-state index contributed by atoms with van der Waals surface area (Å²) in [5.74, 6) is -0.261. The third-order valence-electron chi connectivity index (χ3n) is 3.45. The van der Waals surface area contributed by atoms with Crippen LogP contribution in [0.25, 0.3) is 11.3 Å². The molecular formula is C17H15BrN4O. The molecule has 1 aromatic carbocycles. The molecule has 0 saturated heterocycles. The molecule has 0 radical (unpaired) electrons. The highest BCUT2D eigenvalue weighted by Gasteiger charge is 2.14. The third-order valence-corrected chi connectivity index (χ3v) is 3.91. The Kier molecular flexibility index (Phi) is 4.25. The van der Waals surface area contributed by atoms with Gasteiger partial charge in [-0.1, -0.05) is 29.8 Å². The molecule has 0 saturated carbocycles. The number of anilines is 1. The first-order valence-corrected chi connectivity index (χ1v) is 7.86. The zero-order chi connectivity index (χ0) is 16.4. The number of nitrogens with one attached hydrogen (secondary N) is 1.